The van der Waals surface area contributed by atoms with Gasteiger partial charge in [0.15, 0.2) is 0 Å². The first-order valence-corrected chi connectivity index (χ1v) is 6.79. The van der Waals surface area contributed by atoms with Crippen molar-refractivity contribution in [2.75, 3.05) is 20.1 Å². The first-order valence-electron chi connectivity index (χ1n) is 6.79. The minimum Gasteiger partial charge on any atom is -0.481 e. The number of hydrogen-bond donors (Lipinski definition) is 2. The maximum absolute atomic E-state index is 11.9. The van der Waals surface area contributed by atoms with E-state index in [4.69, 9.17) is 5.11 Å². The molecule has 1 aliphatic carbocycles. The van der Waals surface area contributed by atoms with Crippen molar-refractivity contribution in [2.45, 2.75) is 51.0 Å². The van der Waals surface area contributed by atoms with Crippen molar-refractivity contribution in [3.05, 3.63) is 0 Å². The number of hydrogen-bond acceptors (Lipinski definition) is 3. The van der Waals surface area contributed by atoms with Gasteiger partial charge < -0.3 is 15.3 Å². The van der Waals surface area contributed by atoms with Crippen molar-refractivity contribution < 1.29 is 14.7 Å². The average molecular weight is 256 g/mol. The van der Waals surface area contributed by atoms with Gasteiger partial charge >= 0.3 is 5.97 Å². The molecule has 18 heavy (non-hydrogen) atoms. The van der Waals surface area contributed by atoms with E-state index >= 15 is 0 Å². The van der Waals surface area contributed by atoms with Gasteiger partial charge in [0.25, 0.3) is 0 Å². The average Bonchev–Trinajstić information content (AvgIpc) is 2.38. The van der Waals surface area contributed by atoms with Crippen LogP contribution < -0.4 is 5.32 Å². The minimum absolute atomic E-state index is 0.109. The molecule has 2 N–H and O–H groups in total. The summed E-state index contributed by atoms with van der Waals surface area (Å²) in [5.74, 6) is -0.681. The largest absolute Gasteiger partial charge is 0.481 e. The molecule has 0 saturated heterocycles. The van der Waals surface area contributed by atoms with Crippen LogP contribution in [0.3, 0.4) is 0 Å². The third-order valence-electron chi connectivity index (χ3n) is 3.54. The highest BCUT2D eigenvalue weighted by atomic mass is 16.4. The lowest BCUT2D eigenvalue weighted by atomic mass is 9.94. The van der Waals surface area contributed by atoms with Crippen LogP contribution in [0.4, 0.5) is 0 Å². The van der Waals surface area contributed by atoms with Crippen LogP contribution in [-0.2, 0) is 9.59 Å². The zero-order valence-corrected chi connectivity index (χ0v) is 11.2. The van der Waals surface area contributed by atoms with Crippen LogP contribution in [0.15, 0.2) is 0 Å². The predicted octanol–water partition coefficient (Wildman–Crippen LogP) is 1.23. The standard InChI is InChI=1S/C13H24N2O3/c1-15(11-6-3-2-4-7-11)12(16)10-14-9-5-8-13(17)18/h11,14H,2-10H2,1H3,(H,17,18). The Morgan fingerprint density at radius 2 is 1.94 bits per heavy atom. The van der Waals surface area contributed by atoms with Gasteiger partial charge in [0.2, 0.25) is 5.91 Å². The summed E-state index contributed by atoms with van der Waals surface area (Å²) in [6.07, 6.45) is 6.66. The maximum atomic E-state index is 11.9. The van der Waals surface area contributed by atoms with Gasteiger partial charge in [0, 0.05) is 19.5 Å². The van der Waals surface area contributed by atoms with Gasteiger partial charge in [-0.2, -0.15) is 0 Å². The number of likely N-dealkylation sites (N-methyl/N-ethyl adjacent to an activating group) is 1. The van der Waals surface area contributed by atoms with Gasteiger partial charge in [0.05, 0.1) is 6.54 Å². The van der Waals surface area contributed by atoms with E-state index in [9.17, 15) is 9.59 Å². The van der Waals surface area contributed by atoms with Crippen LogP contribution in [0.2, 0.25) is 0 Å². The molecule has 0 spiro atoms. The summed E-state index contributed by atoms with van der Waals surface area (Å²) in [4.78, 5) is 24.0. The lowest BCUT2D eigenvalue weighted by Crippen LogP contribution is -2.43. The number of nitrogens with one attached hydrogen (secondary N) is 1. The molecule has 0 heterocycles. The number of amides is 1. The monoisotopic (exact) mass is 256 g/mol. The molecule has 0 atom stereocenters. The van der Waals surface area contributed by atoms with Crippen molar-refractivity contribution in [1.29, 1.82) is 0 Å². The van der Waals surface area contributed by atoms with E-state index in [0.29, 0.717) is 25.6 Å². The third-order valence-corrected chi connectivity index (χ3v) is 3.54. The molecular formula is C13H24N2O3. The SMILES string of the molecule is CN(C(=O)CNCCCC(=O)O)C1CCCCC1. The van der Waals surface area contributed by atoms with Crippen LogP contribution >= 0.6 is 0 Å². The molecule has 0 unspecified atom stereocenters. The second-order valence-electron chi connectivity index (χ2n) is 4.97. The van der Waals surface area contributed by atoms with Crippen LogP contribution in [0.1, 0.15) is 44.9 Å². The zero-order chi connectivity index (χ0) is 13.4. The number of rotatable bonds is 7. The quantitative estimate of drug-likeness (QED) is 0.672. The molecule has 0 aliphatic heterocycles. The first kappa shape index (κ1) is 15.0. The fourth-order valence-corrected chi connectivity index (χ4v) is 2.36. The highest BCUT2D eigenvalue weighted by molar-refractivity contribution is 5.78. The van der Waals surface area contributed by atoms with Gasteiger partial charge in [-0.25, -0.2) is 0 Å². The second kappa shape index (κ2) is 8.08. The summed E-state index contributed by atoms with van der Waals surface area (Å²) in [7, 11) is 1.87. The Kier molecular flexibility index (Phi) is 6.72. The molecular weight excluding hydrogens is 232 g/mol. The fraction of sp³-hybridized carbons (Fsp3) is 0.846. The van der Waals surface area contributed by atoms with Crippen LogP contribution in [0.25, 0.3) is 0 Å². The Balaban J connectivity index is 2.13. The van der Waals surface area contributed by atoms with Gasteiger partial charge in [-0.1, -0.05) is 19.3 Å². The van der Waals surface area contributed by atoms with Gasteiger partial charge in [-0.3, -0.25) is 9.59 Å². The molecule has 1 rings (SSSR count). The van der Waals surface area contributed by atoms with E-state index < -0.39 is 5.97 Å². The summed E-state index contributed by atoms with van der Waals surface area (Å²) in [6.45, 7) is 0.892. The molecule has 0 aromatic heterocycles. The molecule has 5 nitrogen and oxygen atoms in total. The summed E-state index contributed by atoms with van der Waals surface area (Å²) >= 11 is 0. The van der Waals surface area contributed by atoms with Crippen molar-refractivity contribution in [1.82, 2.24) is 10.2 Å². The summed E-state index contributed by atoms with van der Waals surface area (Å²) in [5, 5.41) is 11.5. The van der Waals surface area contributed by atoms with E-state index in [0.717, 1.165) is 12.8 Å². The number of aliphatic carboxylic acids is 1. The first-order chi connectivity index (χ1) is 8.61. The van der Waals surface area contributed by atoms with Gasteiger partial charge in [-0.05, 0) is 25.8 Å². The Bertz CT molecular complexity index is 275. The van der Waals surface area contributed by atoms with E-state index in [1.165, 1.54) is 19.3 Å². The smallest absolute Gasteiger partial charge is 0.303 e. The Labute approximate surface area is 109 Å². The van der Waals surface area contributed by atoms with Crippen molar-refractivity contribution in [2.24, 2.45) is 0 Å². The van der Waals surface area contributed by atoms with Crippen molar-refractivity contribution in [3.8, 4) is 0 Å². The predicted molar refractivity (Wildman–Crippen MR) is 69.4 cm³/mol. The number of carboxylic acids is 1. The Morgan fingerprint density at radius 3 is 2.56 bits per heavy atom. The molecule has 0 aromatic carbocycles. The zero-order valence-electron chi connectivity index (χ0n) is 11.2. The number of carboxylic acid groups (broad SMARTS) is 1. The normalized spacial score (nSPS) is 16.5. The lowest BCUT2D eigenvalue weighted by molar-refractivity contribution is -0.137. The van der Waals surface area contributed by atoms with Gasteiger partial charge in [-0.15, -0.1) is 0 Å². The fourth-order valence-electron chi connectivity index (χ4n) is 2.36. The summed E-state index contributed by atoms with van der Waals surface area (Å²) in [5.41, 5.74) is 0. The summed E-state index contributed by atoms with van der Waals surface area (Å²) < 4.78 is 0. The van der Waals surface area contributed by atoms with Gasteiger partial charge in [0.1, 0.15) is 0 Å². The Hall–Kier alpha value is -1.10. The van der Waals surface area contributed by atoms with E-state index in [2.05, 4.69) is 5.32 Å². The Morgan fingerprint density at radius 1 is 1.28 bits per heavy atom. The van der Waals surface area contributed by atoms with Crippen LogP contribution in [0, 0.1) is 0 Å². The molecule has 1 aliphatic rings. The topological polar surface area (TPSA) is 69.6 Å². The summed E-state index contributed by atoms with van der Waals surface area (Å²) in [6, 6.07) is 0.395. The van der Waals surface area contributed by atoms with Crippen LogP contribution in [0.5, 0.6) is 0 Å². The van der Waals surface area contributed by atoms with Crippen LogP contribution in [-0.4, -0.2) is 48.1 Å². The molecule has 5 heteroatoms. The number of nitrogens with zero attached hydrogens (tertiary/aromatic N) is 1. The number of carbonyl (C=O) groups is 2. The molecule has 1 saturated carbocycles. The van der Waals surface area contributed by atoms with E-state index in [-0.39, 0.29) is 12.3 Å². The molecule has 1 amide bonds. The van der Waals surface area contributed by atoms with Crippen molar-refractivity contribution in [3.63, 3.8) is 0 Å². The molecule has 104 valence electrons. The van der Waals surface area contributed by atoms with E-state index in [1.807, 2.05) is 11.9 Å². The second-order valence-corrected chi connectivity index (χ2v) is 4.97. The third kappa shape index (κ3) is 5.49. The minimum atomic E-state index is -0.789. The molecule has 1 fully saturated rings. The molecule has 0 radical (unpaired) electrons. The number of carbonyl (C=O) groups excluding carboxylic acids is 1. The molecule has 0 bridgehead atoms. The van der Waals surface area contributed by atoms with E-state index in [1.54, 1.807) is 0 Å². The van der Waals surface area contributed by atoms with Crippen molar-refractivity contribution >= 4 is 11.9 Å². The maximum Gasteiger partial charge on any atom is 0.303 e. The molecule has 0 aromatic rings. The lowest BCUT2D eigenvalue weighted by Gasteiger charge is -2.31. The highest BCUT2D eigenvalue weighted by Gasteiger charge is 2.21. The highest BCUT2D eigenvalue weighted by Crippen LogP contribution is 2.21.